The molecule has 1 aliphatic heterocycles. The first-order valence-electron chi connectivity index (χ1n) is 10.8. The highest BCUT2D eigenvalue weighted by atomic mass is 79.9. The second-order valence-electron chi connectivity index (χ2n) is 8.26. The van der Waals surface area contributed by atoms with E-state index in [1.807, 2.05) is 36.7 Å². The maximum atomic E-state index is 5.84. The molecule has 1 aliphatic rings. The van der Waals surface area contributed by atoms with Gasteiger partial charge in [-0.2, -0.15) is 0 Å². The van der Waals surface area contributed by atoms with Crippen molar-refractivity contribution < 1.29 is 0 Å². The van der Waals surface area contributed by atoms with E-state index in [4.69, 9.17) is 12.2 Å². The van der Waals surface area contributed by atoms with Gasteiger partial charge in [-0.05, 0) is 79.7 Å². The Hall–Kier alpha value is -3.03. The van der Waals surface area contributed by atoms with Gasteiger partial charge in [0.15, 0.2) is 5.11 Å². The molecule has 1 fully saturated rings. The first kappa shape index (κ1) is 21.8. The number of hydrogen-bond acceptors (Lipinski definition) is 3. The molecule has 1 aromatic carbocycles. The maximum absolute atomic E-state index is 5.84. The summed E-state index contributed by atoms with van der Waals surface area (Å²) < 4.78 is 3.36. The van der Waals surface area contributed by atoms with Gasteiger partial charge in [0.25, 0.3) is 0 Å². The van der Waals surface area contributed by atoms with Gasteiger partial charge in [-0.15, -0.1) is 0 Å². The zero-order valence-corrected chi connectivity index (χ0v) is 20.8. The van der Waals surface area contributed by atoms with Gasteiger partial charge in [-0.1, -0.05) is 34.1 Å². The molecule has 0 saturated carbocycles. The van der Waals surface area contributed by atoms with Crippen molar-refractivity contribution in [2.75, 3.05) is 0 Å². The van der Waals surface area contributed by atoms with E-state index in [1.165, 1.54) is 17.0 Å². The number of nitrogens with zero attached hydrogens (tertiary/aromatic N) is 4. The molecule has 2 atom stereocenters. The van der Waals surface area contributed by atoms with Gasteiger partial charge in [0.05, 0.1) is 17.8 Å². The van der Waals surface area contributed by atoms with Gasteiger partial charge in [0.2, 0.25) is 0 Å². The normalized spacial score (nSPS) is 17.9. The third-order valence-corrected chi connectivity index (χ3v) is 6.97. The summed E-state index contributed by atoms with van der Waals surface area (Å²) in [6.45, 7) is 5.01. The lowest BCUT2D eigenvalue weighted by Gasteiger charge is -2.28. The van der Waals surface area contributed by atoms with E-state index in [9.17, 15) is 0 Å². The average Bonchev–Trinajstić information content (AvgIpc) is 3.30. The summed E-state index contributed by atoms with van der Waals surface area (Å²) in [5.41, 5.74) is 6.84. The minimum atomic E-state index is -0.0492. The minimum absolute atomic E-state index is 0.000269. The van der Waals surface area contributed by atoms with Gasteiger partial charge in [-0.25, -0.2) is 0 Å². The van der Waals surface area contributed by atoms with Crippen LogP contribution in [0.2, 0.25) is 0 Å². The summed E-state index contributed by atoms with van der Waals surface area (Å²) in [4.78, 5) is 11.2. The molecule has 5 nitrogen and oxygen atoms in total. The van der Waals surface area contributed by atoms with Crippen molar-refractivity contribution in [1.82, 2.24) is 24.8 Å². The molecule has 0 unspecified atom stereocenters. The molecule has 0 spiro atoms. The van der Waals surface area contributed by atoms with Crippen LogP contribution in [0.3, 0.4) is 0 Å². The number of rotatable bonds is 5. The topological polar surface area (TPSA) is 46.0 Å². The molecule has 166 valence electrons. The van der Waals surface area contributed by atoms with Crippen LogP contribution in [0, 0.1) is 13.8 Å². The molecule has 3 aromatic heterocycles. The second kappa shape index (κ2) is 9.08. The number of aromatic nitrogens is 3. The van der Waals surface area contributed by atoms with E-state index in [0.717, 1.165) is 26.5 Å². The Bertz CT molecular complexity index is 1290. The number of hydrogen-bond donors (Lipinski definition) is 1. The fourth-order valence-electron chi connectivity index (χ4n) is 4.70. The second-order valence-corrected chi connectivity index (χ2v) is 9.56. The summed E-state index contributed by atoms with van der Waals surface area (Å²) in [5, 5.41) is 4.28. The molecule has 0 bridgehead atoms. The van der Waals surface area contributed by atoms with Crippen LogP contribution >= 0.6 is 28.1 Å². The van der Waals surface area contributed by atoms with E-state index in [2.05, 4.69) is 90.9 Å². The van der Waals surface area contributed by atoms with Gasteiger partial charge in [0.1, 0.15) is 0 Å². The zero-order chi connectivity index (χ0) is 22.9. The van der Waals surface area contributed by atoms with Crippen molar-refractivity contribution in [3.63, 3.8) is 0 Å². The first-order chi connectivity index (χ1) is 16.0. The van der Waals surface area contributed by atoms with Crippen molar-refractivity contribution in [2.45, 2.75) is 32.5 Å². The summed E-state index contributed by atoms with van der Waals surface area (Å²) in [5.74, 6) is 0. The van der Waals surface area contributed by atoms with Crippen LogP contribution < -0.4 is 5.32 Å². The predicted molar refractivity (Wildman–Crippen MR) is 138 cm³/mol. The van der Waals surface area contributed by atoms with Crippen molar-refractivity contribution >= 4 is 33.3 Å². The Morgan fingerprint density at radius 2 is 1.91 bits per heavy atom. The van der Waals surface area contributed by atoms with Crippen LogP contribution in [-0.2, 0) is 6.54 Å². The summed E-state index contributed by atoms with van der Waals surface area (Å²) in [7, 11) is 0. The number of halogens is 1. The lowest BCUT2D eigenvalue weighted by Crippen LogP contribution is -2.29. The average molecular weight is 518 g/mol. The van der Waals surface area contributed by atoms with E-state index in [-0.39, 0.29) is 12.1 Å². The number of aryl methyl sites for hydroxylation is 1. The van der Waals surface area contributed by atoms with Gasteiger partial charge in [0, 0.05) is 46.7 Å². The van der Waals surface area contributed by atoms with Gasteiger partial charge >= 0.3 is 0 Å². The molecule has 4 aromatic rings. The van der Waals surface area contributed by atoms with E-state index >= 15 is 0 Å². The molecular formula is C26H24BrN5S. The Morgan fingerprint density at radius 1 is 1.03 bits per heavy atom. The van der Waals surface area contributed by atoms with Crippen LogP contribution in [-0.4, -0.2) is 24.5 Å². The fraction of sp³-hybridized carbons (Fsp3) is 0.192. The van der Waals surface area contributed by atoms with E-state index in [1.54, 1.807) is 6.20 Å². The molecule has 4 heterocycles. The molecular weight excluding hydrogens is 494 g/mol. The SMILES string of the molecule is Cc1cc([C@H]2[C@H](c3ccccn3)NC(=S)N2Cc2cccnc2)c(C)n1-c1cccc(Br)c1. The highest BCUT2D eigenvalue weighted by Crippen LogP contribution is 2.42. The van der Waals surface area contributed by atoms with Crippen molar-refractivity contribution in [2.24, 2.45) is 0 Å². The van der Waals surface area contributed by atoms with Crippen LogP contribution in [0.25, 0.3) is 5.69 Å². The standard InChI is InChI=1S/C26H24BrN5S/c1-17-13-22(18(2)32(17)21-9-5-8-20(27)14-21)25-24(23-10-3-4-12-29-23)30-26(33)31(25)16-19-7-6-11-28-15-19/h3-15,24-25H,16H2,1-2H3,(H,30,33)/t24-,25-/m0/s1. The maximum Gasteiger partial charge on any atom is 0.170 e. The molecule has 0 amide bonds. The Morgan fingerprint density at radius 3 is 2.64 bits per heavy atom. The Kier molecular flexibility index (Phi) is 6.00. The third kappa shape index (κ3) is 4.18. The van der Waals surface area contributed by atoms with Gasteiger partial charge in [-0.3, -0.25) is 9.97 Å². The fourth-order valence-corrected chi connectivity index (χ4v) is 5.39. The highest BCUT2D eigenvalue weighted by Gasteiger charge is 2.41. The number of benzene rings is 1. The highest BCUT2D eigenvalue weighted by molar-refractivity contribution is 9.10. The lowest BCUT2D eigenvalue weighted by molar-refractivity contribution is 0.310. The Labute approximate surface area is 207 Å². The summed E-state index contributed by atoms with van der Waals surface area (Å²) in [6.07, 6.45) is 5.54. The third-order valence-electron chi connectivity index (χ3n) is 6.13. The van der Waals surface area contributed by atoms with Crippen LogP contribution in [0.4, 0.5) is 0 Å². The summed E-state index contributed by atoms with van der Waals surface area (Å²) >= 11 is 9.45. The first-order valence-corrected chi connectivity index (χ1v) is 12.0. The van der Waals surface area contributed by atoms with Crippen molar-refractivity contribution in [3.8, 4) is 5.69 Å². The monoisotopic (exact) mass is 517 g/mol. The van der Waals surface area contributed by atoms with Gasteiger partial charge < -0.3 is 14.8 Å². The van der Waals surface area contributed by atoms with Crippen LogP contribution in [0.15, 0.2) is 83.7 Å². The van der Waals surface area contributed by atoms with Crippen molar-refractivity contribution in [1.29, 1.82) is 0 Å². The quantitative estimate of drug-likeness (QED) is 0.338. The van der Waals surface area contributed by atoms with Crippen molar-refractivity contribution in [3.05, 3.63) is 112 Å². The smallest absolute Gasteiger partial charge is 0.170 e. The zero-order valence-electron chi connectivity index (χ0n) is 18.4. The molecule has 7 heteroatoms. The van der Waals surface area contributed by atoms with Crippen LogP contribution in [0.1, 0.15) is 40.3 Å². The summed E-state index contributed by atoms with van der Waals surface area (Å²) in [6, 6.07) is 20.7. The van der Waals surface area contributed by atoms with E-state index in [0.29, 0.717) is 6.54 Å². The molecule has 0 radical (unpaired) electrons. The lowest BCUT2D eigenvalue weighted by atomic mass is 9.96. The number of pyridine rings is 2. The molecule has 33 heavy (non-hydrogen) atoms. The van der Waals surface area contributed by atoms with Crippen LogP contribution in [0.5, 0.6) is 0 Å². The molecule has 0 aliphatic carbocycles. The molecule has 1 saturated heterocycles. The minimum Gasteiger partial charge on any atom is -0.352 e. The van der Waals surface area contributed by atoms with E-state index < -0.39 is 0 Å². The predicted octanol–water partition coefficient (Wildman–Crippen LogP) is 5.82. The largest absolute Gasteiger partial charge is 0.352 e. The number of thiocarbonyl (C=S) groups is 1. The number of nitrogens with one attached hydrogen (secondary N) is 1. The Balaban J connectivity index is 1.62. The molecule has 5 rings (SSSR count). The molecule has 1 N–H and O–H groups in total.